The summed E-state index contributed by atoms with van der Waals surface area (Å²) in [5, 5.41) is 8.53. The Morgan fingerprint density at radius 3 is 2.81 bits per heavy atom. The zero-order valence-electron chi connectivity index (χ0n) is 14.8. The van der Waals surface area contributed by atoms with Crippen LogP contribution in [0, 0.1) is 6.92 Å². The van der Waals surface area contributed by atoms with E-state index >= 15 is 0 Å². The summed E-state index contributed by atoms with van der Waals surface area (Å²) in [6, 6.07) is 9.02. The summed E-state index contributed by atoms with van der Waals surface area (Å²) in [7, 11) is 3.54. The Labute approximate surface area is 156 Å². The first-order chi connectivity index (χ1) is 12.5. The maximum atomic E-state index is 12.8. The van der Waals surface area contributed by atoms with Crippen LogP contribution in [-0.2, 0) is 20.2 Å². The number of hydrogen-bond acceptors (Lipinski definition) is 5. The molecule has 0 unspecified atom stereocenters. The van der Waals surface area contributed by atoms with E-state index in [1.165, 1.54) is 0 Å². The summed E-state index contributed by atoms with van der Waals surface area (Å²) >= 11 is 6.10. The number of amides is 1. The second kappa shape index (κ2) is 7.61. The first-order valence-electron chi connectivity index (χ1n) is 8.02. The Balaban J connectivity index is 1.75. The normalized spacial score (nSPS) is 10.8. The lowest BCUT2D eigenvalue weighted by Crippen LogP contribution is -2.28. The van der Waals surface area contributed by atoms with Gasteiger partial charge >= 0.3 is 0 Å². The molecule has 0 aliphatic rings. The highest BCUT2D eigenvalue weighted by Gasteiger charge is 2.24. The standard InChI is InChI=1S/C18H19ClN4O3/c1-12-14(11-25-16-7-5-4-6-15(16)19)17(21-26-12)18(24)22(2)10-13-8-9-20-23(13)3/h4-9H,10-11H2,1-3H3. The average Bonchev–Trinajstić information content (AvgIpc) is 3.19. The van der Waals surface area contributed by atoms with Crippen LogP contribution in [-0.4, -0.2) is 32.8 Å². The molecule has 0 spiro atoms. The molecule has 3 rings (SSSR count). The van der Waals surface area contributed by atoms with E-state index in [-0.39, 0.29) is 18.2 Å². The number of carbonyl (C=O) groups is 1. The molecular formula is C18H19ClN4O3. The highest BCUT2D eigenvalue weighted by Crippen LogP contribution is 2.25. The molecule has 0 aliphatic carbocycles. The van der Waals surface area contributed by atoms with Gasteiger partial charge in [-0.1, -0.05) is 28.9 Å². The van der Waals surface area contributed by atoms with Gasteiger partial charge in [-0.15, -0.1) is 0 Å². The number of aromatic nitrogens is 3. The number of hydrogen-bond donors (Lipinski definition) is 0. The van der Waals surface area contributed by atoms with Gasteiger partial charge in [0.15, 0.2) is 5.69 Å². The summed E-state index contributed by atoms with van der Waals surface area (Å²) in [6.45, 7) is 2.29. The Morgan fingerprint density at radius 2 is 2.12 bits per heavy atom. The van der Waals surface area contributed by atoms with E-state index in [0.717, 1.165) is 5.69 Å². The number of para-hydroxylation sites is 1. The zero-order chi connectivity index (χ0) is 18.7. The fourth-order valence-corrected chi connectivity index (χ4v) is 2.68. The predicted molar refractivity (Wildman–Crippen MR) is 96.0 cm³/mol. The summed E-state index contributed by atoms with van der Waals surface area (Å²) in [4.78, 5) is 14.3. The van der Waals surface area contributed by atoms with Crippen molar-refractivity contribution < 1.29 is 14.1 Å². The molecule has 1 aromatic carbocycles. The SMILES string of the molecule is Cc1onc(C(=O)N(C)Cc2ccnn2C)c1COc1ccccc1Cl. The molecule has 2 aromatic heterocycles. The number of carbonyl (C=O) groups excluding carboxylic acids is 1. The Bertz CT molecular complexity index is 919. The third-order valence-corrected chi connectivity index (χ3v) is 4.38. The van der Waals surface area contributed by atoms with Crippen LogP contribution in [0.1, 0.15) is 27.5 Å². The van der Waals surface area contributed by atoms with E-state index in [1.807, 2.05) is 25.2 Å². The van der Waals surface area contributed by atoms with E-state index in [0.29, 0.717) is 28.6 Å². The fraction of sp³-hybridized carbons (Fsp3) is 0.278. The molecule has 0 saturated heterocycles. The molecule has 8 heteroatoms. The molecule has 1 amide bonds. The number of rotatable bonds is 6. The number of halogens is 1. The molecule has 0 radical (unpaired) electrons. The van der Waals surface area contributed by atoms with Gasteiger partial charge in [0.1, 0.15) is 18.1 Å². The Kier molecular flexibility index (Phi) is 5.27. The first-order valence-corrected chi connectivity index (χ1v) is 8.40. The maximum Gasteiger partial charge on any atom is 0.276 e. The molecular weight excluding hydrogens is 356 g/mol. The van der Waals surface area contributed by atoms with Crippen molar-refractivity contribution >= 4 is 17.5 Å². The Hall–Kier alpha value is -2.80. The second-order valence-corrected chi connectivity index (χ2v) is 6.30. The molecule has 0 saturated carbocycles. The van der Waals surface area contributed by atoms with Crippen molar-refractivity contribution in [2.24, 2.45) is 7.05 Å². The molecule has 7 nitrogen and oxygen atoms in total. The topological polar surface area (TPSA) is 73.4 Å². The second-order valence-electron chi connectivity index (χ2n) is 5.89. The largest absolute Gasteiger partial charge is 0.487 e. The van der Waals surface area contributed by atoms with Crippen LogP contribution >= 0.6 is 11.6 Å². The van der Waals surface area contributed by atoms with E-state index in [2.05, 4.69) is 10.3 Å². The van der Waals surface area contributed by atoms with Gasteiger partial charge in [0, 0.05) is 20.3 Å². The molecule has 0 atom stereocenters. The molecule has 26 heavy (non-hydrogen) atoms. The quantitative estimate of drug-likeness (QED) is 0.662. The highest BCUT2D eigenvalue weighted by atomic mass is 35.5. The molecule has 0 aliphatic heterocycles. The van der Waals surface area contributed by atoms with Gasteiger partial charge in [0.05, 0.1) is 22.8 Å². The van der Waals surface area contributed by atoms with E-state index in [9.17, 15) is 4.79 Å². The lowest BCUT2D eigenvalue weighted by molar-refractivity contribution is 0.0769. The number of aryl methyl sites for hydroxylation is 2. The lowest BCUT2D eigenvalue weighted by Gasteiger charge is -2.16. The van der Waals surface area contributed by atoms with Crippen LogP contribution in [0.15, 0.2) is 41.1 Å². The van der Waals surface area contributed by atoms with E-state index in [1.54, 1.807) is 41.9 Å². The van der Waals surface area contributed by atoms with Crippen molar-refractivity contribution in [3.8, 4) is 5.75 Å². The zero-order valence-corrected chi connectivity index (χ0v) is 15.5. The molecule has 2 heterocycles. The fourth-order valence-electron chi connectivity index (χ4n) is 2.49. The minimum Gasteiger partial charge on any atom is -0.487 e. The summed E-state index contributed by atoms with van der Waals surface area (Å²) in [5.74, 6) is 0.826. The van der Waals surface area contributed by atoms with E-state index in [4.69, 9.17) is 20.9 Å². The predicted octanol–water partition coefficient (Wildman–Crippen LogP) is 3.22. The van der Waals surface area contributed by atoms with Gasteiger partial charge in [-0.3, -0.25) is 9.48 Å². The minimum atomic E-state index is -0.249. The van der Waals surface area contributed by atoms with Crippen LogP contribution < -0.4 is 4.74 Å². The molecule has 0 fully saturated rings. The lowest BCUT2D eigenvalue weighted by atomic mass is 10.2. The van der Waals surface area contributed by atoms with Gasteiger partial charge in [0.25, 0.3) is 5.91 Å². The van der Waals surface area contributed by atoms with E-state index < -0.39 is 0 Å². The van der Waals surface area contributed by atoms with Crippen molar-refractivity contribution in [1.29, 1.82) is 0 Å². The van der Waals surface area contributed by atoms with Crippen LogP contribution in [0.4, 0.5) is 0 Å². The van der Waals surface area contributed by atoms with Gasteiger partial charge in [-0.2, -0.15) is 5.10 Å². The third-order valence-electron chi connectivity index (χ3n) is 4.06. The number of benzene rings is 1. The van der Waals surface area contributed by atoms with Gasteiger partial charge < -0.3 is 14.2 Å². The van der Waals surface area contributed by atoms with Crippen molar-refractivity contribution in [3.05, 3.63) is 64.3 Å². The summed E-state index contributed by atoms with van der Waals surface area (Å²) < 4.78 is 12.7. The Morgan fingerprint density at radius 1 is 1.35 bits per heavy atom. The molecule has 0 bridgehead atoms. The van der Waals surface area contributed by atoms with Gasteiger partial charge in [-0.25, -0.2) is 0 Å². The van der Waals surface area contributed by atoms with Crippen molar-refractivity contribution in [2.75, 3.05) is 7.05 Å². The van der Waals surface area contributed by atoms with Crippen LogP contribution in [0.3, 0.4) is 0 Å². The number of ether oxygens (including phenoxy) is 1. The van der Waals surface area contributed by atoms with Crippen molar-refractivity contribution in [2.45, 2.75) is 20.1 Å². The monoisotopic (exact) mass is 374 g/mol. The third kappa shape index (κ3) is 3.72. The molecule has 136 valence electrons. The summed E-state index contributed by atoms with van der Waals surface area (Å²) in [6.07, 6.45) is 1.69. The maximum absolute atomic E-state index is 12.8. The van der Waals surface area contributed by atoms with Crippen molar-refractivity contribution in [1.82, 2.24) is 19.8 Å². The highest BCUT2D eigenvalue weighted by molar-refractivity contribution is 6.32. The molecule has 3 aromatic rings. The summed E-state index contributed by atoms with van der Waals surface area (Å²) in [5.41, 5.74) is 1.75. The minimum absolute atomic E-state index is 0.139. The average molecular weight is 375 g/mol. The van der Waals surface area contributed by atoms with Crippen LogP contribution in [0.25, 0.3) is 0 Å². The van der Waals surface area contributed by atoms with Crippen molar-refractivity contribution in [3.63, 3.8) is 0 Å². The number of nitrogens with zero attached hydrogens (tertiary/aromatic N) is 4. The smallest absolute Gasteiger partial charge is 0.276 e. The van der Waals surface area contributed by atoms with Gasteiger partial charge in [-0.05, 0) is 25.1 Å². The first kappa shape index (κ1) is 18.0. The van der Waals surface area contributed by atoms with Crippen LogP contribution in [0.2, 0.25) is 5.02 Å². The molecule has 0 N–H and O–H groups in total. The van der Waals surface area contributed by atoms with Gasteiger partial charge in [0.2, 0.25) is 0 Å². The van der Waals surface area contributed by atoms with Crippen LogP contribution in [0.5, 0.6) is 5.75 Å².